The van der Waals surface area contributed by atoms with E-state index in [1.54, 1.807) is 11.3 Å². The topological polar surface area (TPSA) is 50.5 Å². The molecule has 0 aliphatic rings. The van der Waals surface area contributed by atoms with Gasteiger partial charge in [0.2, 0.25) is 0 Å². The van der Waals surface area contributed by atoms with Crippen LogP contribution in [0.15, 0.2) is 65.8 Å². The van der Waals surface area contributed by atoms with Gasteiger partial charge in [0.05, 0.1) is 9.58 Å². The summed E-state index contributed by atoms with van der Waals surface area (Å²) in [5, 5.41) is 0.941. The summed E-state index contributed by atoms with van der Waals surface area (Å²) in [6.45, 7) is 0.668. The molecule has 0 atom stereocenters. The van der Waals surface area contributed by atoms with Gasteiger partial charge in [-0.2, -0.15) is 4.99 Å². The van der Waals surface area contributed by atoms with Crippen molar-refractivity contribution in [2.75, 3.05) is 19.0 Å². The molecule has 7 heteroatoms. The molecule has 0 saturated carbocycles. The largest absolute Gasteiger partial charge is 0.354 e. The molecule has 0 N–H and O–H groups in total. The van der Waals surface area contributed by atoms with Crippen molar-refractivity contribution >= 4 is 43.2 Å². The number of amides is 1. The maximum absolute atomic E-state index is 12.7. The van der Waals surface area contributed by atoms with E-state index in [1.165, 1.54) is 11.3 Å². The second kappa shape index (κ2) is 7.46. The summed E-state index contributed by atoms with van der Waals surface area (Å²) in [5.41, 5.74) is 1.81. The third kappa shape index (κ3) is 3.84. The Hall–Kier alpha value is -2.77. The predicted octanol–water partition coefficient (Wildman–Crippen LogP) is 4.01. The highest BCUT2D eigenvalue weighted by atomic mass is 32.1. The van der Waals surface area contributed by atoms with E-state index in [4.69, 9.17) is 0 Å². The van der Waals surface area contributed by atoms with Gasteiger partial charge in [-0.25, -0.2) is 4.98 Å². The van der Waals surface area contributed by atoms with Crippen molar-refractivity contribution in [1.82, 2.24) is 9.55 Å². The fourth-order valence-corrected chi connectivity index (χ4v) is 4.68. The van der Waals surface area contributed by atoms with Crippen LogP contribution in [0.4, 0.5) is 5.13 Å². The van der Waals surface area contributed by atoms with Crippen LogP contribution in [0.3, 0.4) is 0 Å². The number of benzene rings is 1. The number of anilines is 1. The van der Waals surface area contributed by atoms with Crippen molar-refractivity contribution in [3.8, 4) is 0 Å². The van der Waals surface area contributed by atoms with Crippen LogP contribution in [0.1, 0.15) is 15.2 Å². The van der Waals surface area contributed by atoms with E-state index in [0.717, 1.165) is 20.2 Å². The van der Waals surface area contributed by atoms with Gasteiger partial charge < -0.3 is 9.47 Å². The van der Waals surface area contributed by atoms with Crippen molar-refractivity contribution in [2.45, 2.75) is 6.54 Å². The second-order valence-corrected chi connectivity index (χ2v) is 8.30. The van der Waals surface area contributed by atoms with Crippen molar-refractivity contribution in [2.24, 2.45) is 4.99 Å². The number of nitrogens with zero attached hydrogens (tertiary/aromatic N) is 4. The highest BCUT2D eigenvalue weighted by Gasteiger charge is 2.14. The molecule has 0 fully saturated rings. The molecule has 136 valence electrons. The Labute approximate surface area is 164 Å². The van der Waals surface area contributed by atoms with E-state index in [9.17, 15) is 4.79 Å². The second-order valence-electron chi connectivity index (χ2n) is 6.26. The number of rotatable bonds is 4. The molecular weight excluding hydrogens is 376 g/mol. The molecule has 1 amide bonds. The summed E-state index contributed by atoms with van der Waals surface area (Å²) in [7, 11) is 3.93. The van der Waals surface area contributed by atoms with Crippen molar-refractivity contribution in [3.05, 3.63) is 76.7 Å². The van der Waals surface area contributed by atoms with Crippen LogP contribution in [0, 0.1) is 0 Å². The van der Waals surface area contributed by atoms with E-state index < -0.39 is 0 Å². The number of fused-ring (bicyclic) bond motifs is 1. The molecule has 0 spiro atoms. The van der Waals surface area contributed by atoms with Crippen LogP contribution in [0.5, 0.6) is 0 Å². The minimum atomic E-state index is -0.232. The fourth-order valence-electron chi connectivity index (χ4n) is 2.66. The van der Waals surface area contributed by atoms with Gasteiger partial charge in [-0.1, -0.05) is 47.7 Å². The van der Waals surface area contributed by atoms with Crippen LogP contribution < -0.4 is 10.4 Å². The molecule has 0 aliphatic carbocycles. The third-order valence-corrected chi connectivity index (χ3v) is 6.32. The predicted molar refractivity (Wildman–Crippen MR) is 112 cm³/mol. The molecule has 3 aromatic heterocycles. The van der Waals surface area contributed by atoms with E-state index in [-0.39, 0.29) is 5.91 Å². The maximum atomic E-state index is 12.7. The number of aromatic nitrogens is 2. The van der Waals surface area contributed by atoms with Crippen molar-refractivity contribution < 1.29 is 4.79 Å². The van der Waals surface area contributed by atoms with Crippen LogP contribution in [-0.2, 0) is 6.54 Å². The lowest BCUT2D eigenvalue weighted by Gasteiger charge is -2.07. The molecular formula is C20H18N4OS2. The lowest BCUT2D eigenvalue weighted by Crippen LogP contribution is -2.21. The molecule has 4 aromatic rings. The molecule has 5 nitrogen and oxygen atoms in total. The van der Waals surface area contributed by atoms with E-state index >= 15 is 0 Å². The van der Waals surface area contributed by atoms with Gasteiger partial charge in [0.15, 0.2) is 5.13 Å². The Kier molecular flexibility index (Phi) is 4.87. The summed E-state index contributed by atoms with van der Waals surface area (Å²) in [5.74, 6) is -0.232. The fraction of sp³-hybridized carbons (Fsp3) is 0.150. The first-order valence-corrected chi connectivity index (χ1v) is 10.1. The molecule has 0 aliphatic heterocycles. The lowest BCUT2D eigenvalue weighted by molar-refractivity contribution is 0.100. The molecule has 0 saturated heterocycles. The average Bonchev–Trinajstić information content (AvgIpc) is 3.23. The van der Waals surface area contributed by atoms with Gasteiger partial charge in [0.25, 0.3) is 5.91 Å². The number of hydrogen-bond donors (Lipinski definition) is 0. The Morgan fingerprint density at radius 2 is 1.89 bits per heavy atom. The molecule has 1 aromatic carbocycles. The van der Waals surface area contributed by atoms with Crippen molar-refractivity contribution in [1.29, 1.82) is 0 Å². The number of hydrogen-bond acceptors (Lipinski definition) is 5. The number of pyridine rings is 1. The zero-order valence-electron chi connectivity index (χ0n) is 15.0. The Morgan fingerprint density at radius 3 is 2.63 bits per heavy atom. The van der Waals surface area contributed by atoms with Crippen LogP contribution in [-0.4, -0.2) is 29.6 Å². The van der Waals surface area contributed by atoms with Crippen LogP contribution >= 0.6 is 22.7 Å². The van der Waals surface area contributed by atoms with Gasteiger partial charge in [0.1, 0.15) is 10.3 Å². The highest BCUT2D eigenvalue weighted by molar-refractivity contribution is 7.29. The van der Waals surface area contributed by atoms with Crippen molar-refractivity contribution in [3.63, 3.8) is 0 Å². The standard InChI is InChI=1S/C20H18N4OS2/c1-23(2)20-22-19-16(27-20)12-15(26-19)18(25)21-17-10-6-7-11-24(17)13-14-8-4-3-5-9-14/h3-12H,13H2,1-2H3. The zero-order valence-corrected chi connectivity index (χ0v) is 16.6. The first-order chi connectivity index (χ1) is 13.1. The van der Waals surface area contributed by atoms with E-state index in [1.807, 2.05) is 72.2 Å². The smallest absolute Gasteiger partial charge is 0.289 e. The quantitative estimate of drug-likeness (QED) is 0.525. The summed E-state index contributed by atoms with van der Waals surface area (Å²) < 4.78 is 3.00. The Balaban J connectivity index is 1.65. The molecule has 27 heavy (non-hydrogen) atoms. The average molecular weight is 395 g/mol. The van der Waals surface area contributed by atoms with E-state index in [0.29, 0.717) is 16.9 Å². The first kappa shape index (κ1) is 17.6. The van der Waals surface area contributed by atoms with Crippen LogP contribution in [0.2, 0.25) is 0 Å². The summed E-state index contributed by atoms with van der Waals surface area (Å²) >= 11 is 2.97. The SMILES string of the molecule is CN(C)c1nc2sc(C(=O)N=c3ccccn3Cc3ccccc3)cc2s1. The summed E-state index contributed by atoms with van der Waals surface area (Å²) in [4.78, 5) is 25.1. The summed E-state index contributed by atoms with van der Waals surface area (Å²) in [6.07, 6.45) is 1.94. The molecule has 0 radical (unpaired) electrons. The lowest BCUT2D eigenvalue weighted by atomic mass is 10.2. The number of thiophene rings is 1. The normalized spacial score (nSPS) is 11.9. The monoisotopic (exact) mass is 394 g/mol. The Morgan fingerprint density at radius 1 is 1.11 bits per heavy atom. The minimum absolute atomic E-state index is 0.232. The highest BCUT2D eigenvalue weighted by Crippen LogP contribution is 2.34. The van der Waals surface area contributed by atoms with Gasteiger partial charge in [0, 0.05) is 26.8 Å². The third-order valence-electron chi connectivity index (χ3n) is 4.00. The number of carbonyl (C=O) groups excluding carboxylic acids is 1. The van der Waals surface area contributed by atoms with Gasteiger partial charge in [-0.15, -0.1) is 11.3 Å². The number of thiazole rings is 1. The summed E-state index contributed by atoms with van der Waals surface area (Å²) in [6, 6.07) is 17.7. The zero-order chi connectivity index (χ0) is 18.8. The molecule has 0 bridgehead atoms. The molecule has 4 rings (SSSR count). The first-order valence-electron chi connectivity index (χ1n) is 8.46. The van der Waals surface area contributed by atoms with Gasteiger partial charge >= 0.3 is 0 Å². The maximum Gasteiger partial charge on any atom is 0.289 e. The van der Waals surface area contributed by atoms with E-state index in [2.05, 4.69) is 22.1 Å². The number of carbonyl (C=O) groups is 1. The molecule has 0 unspecified atom stereocenters. The molecule has 3 heterocycles. The Bertz CT molecular complexity index is 1120. The van der Waals surface area contributed by atoms with Gasteiger partial charge in [-0.05, 0) is 23.8 Å². The van der Waals surface area contributed by atoms with Gasteiger partial charge in [-0.3, -0.25) is 4.79 Å². The minimum Gasteiger partial charge on any atom is -0.354 e. The van der Waals surface area contributed by atoms with Crippen LogP contribution in [0.25, 0.3) is 9.53 Å².